The molecule has 2 amide bonds. The van der Waals surface area contributed by atoms with Gasteiger partial charge in [-0.15, -0.1) is 0 Å². The number of carbonyl (C=O) groups excluding carboxylic acids is 2. The lowest BCUT2D eigenvalue weighted by Crippen LogP contribution is -2.34. The van der Waals surface area contributed by atoms with Gasteiger partial charge in [0.15, 0.2) is 11.9 Å². The molecule has 0 saturated carbocycles. The molecule has 6 heteroatoms. The van der Waals surface area contributed by atoms with Crippen LogP contribution < -0.4 is 15.4 Å². The van der Waals surface area contributed by atoms with Gasteiger partial charge in [0.25, 0.3) is 11.8 Å². The van der Waals surface area contributed by atoms with Crippen molar-refractivity contribution in [1.29, 1.82) is 0 Å². The van der Waals surface area contributed by atoms with E-state index in [0.29, 0.717) is 17.1 Å². The van der Waals surface area contributed by atoms with Gasteiger partial charge in [-0.3, -0.25) is 9.59 Å². The van der Waals surface area contributed by atoms with E-state index < -0.39 is 6.10 Å². The Morgan fingerprint density at radius 2 is 2.14 bits per heavy atom. The molecule has 2 aromatic rings. The Balaban J connectivity index is 1.77. The second-order valence-corrected chi connectivity index (χ2v) is 5.03. The zero-order chi connectivity index (χ0) is 15.7. The topological polar surface area (TPSA) is 80.6 Å². The summed E-state index contributed by atoms with van der Waals surface area (Å²) < 4.78 is 10.9. The first kappa shape index (κ1) is 14.2. The highest BCUT2D eigenvalue weighted by molar-refractivity contribution is 6.03. The Morgan fingerprint density at radius 3 is 2.86 bits per heavy atom. The number of hydrogen-bond acceptors (Lipinski definition) is 4. The van der Waals surface area contributed by atoms with Gasteiger partial charge in [0.05, 0.1) is 5.69 Å². The van der Waals surface area contributed by atoms with E-state index in [1.165, 1.54) is 0 Å². The predicted octanol–water partition coefficient (Wildman–Crippen LogP) is 2.81. The van der Waals surface area contributed by atoms with Gasteiger partial charge in [0.2, 0.25) is 0 Å². The van der Waals surface area contributed by atoms with Crippen LogP contribution in [0.1, 0.15) is 30.2 Å². The van der Waals surface area contributed by atoms with Crippen molar-refractivity contribution in [3.8, 4) is 5.75 Å². The minimum Gasteiger partial charge on any atom is -0.479 e. The zero-order valence-electron chi connectivity index (χ0n) is 12.3. The number of amides is 2. The van der Waals surface area contributed by atoms with Crippen LogP contribution in [0.4, 0.5) is 11.4 Å². The van der Waals surface area contributed by atoms with Gasteiger partial charge >= 0.3 is 0 Å². The minimum atomic E-state index is -0.525. The third-order valence-electron chi connectivity index (χ3n) is 3.40. The molecular weight excluding hydrogens is 284 g/mol. The molecule has 1 atom stereocenters. The van der Waals surface area contributed by atoms with Gasteiger partial charge in [-0.2, -0.15) is 0 Å². The smallest absolute Gasteiger partial charge is 0.291 e. The first-order valence-corrected chi connectivity index (χ1v) is 7.08. The lowest BCUT2D eigenvalue weighted by atomic mass is 10.2. The quantitative estimate of drug-likeness (QED) is 0.913. The van der Waals surface area contributed by atoms with Gasteiger partial charge < -0.3 is 19.8 Å². The Morgan fingerprint density at radius 1 is 1.32 bits per heavy atom. The molecule has 114 valence electrons. The molecular formula is C16H16N2O4. The van der Waals surface area contributed by atoms with E-state index in [2.05, 4.69) is 10.6 Å². The summed E-state index contributed by atoms with van der Waals surface area (Å²) in [5, 5.41) is 5.47. The summed E-state index contributed by atoms with van der Waals surface area (Å²) in [6, 6.07) is 8.49. The third kappa shape index (κ3) is 2.67. The van der Waals surface area contributed by atoms with E-state index in [9.17, 15) is 9.59 Å². The van der Waals surface area contributed by atoms with Crippen LogP contribution in [0, 0.1) is 0 Å². The van der Waals surface area contributed by atoms with Crippen LogP contribution in [-0.4, -0.2) is 17.9 Å². The van der Waals surface area contributed by atoms with Gasteiger partial charge in [0.1, 0.15) is 11.5 Å². The number of aryl methyl sites for hydroxylation is 1. The molecule has 1 aliphatic heterocycles. The van der Waals surface area contributed by atoms with Crippen LogP contribution in [0.15, 0.2) is 34.7 Å². The lowest BCUT2D eigenvalue weighted by molar-refractivity contribution is -0.122. The number of nitrogens with one attached hydrogen (secondary N) is 2. The number of fused-ring (bicyclic) bond motifs is 1. The van der Waals surface area contributed by atoms with Crippen LogP contribution in [0.25, 0.3) is 0 Å². The SMILES string of the molecule is CCc1ccc(C(=O)Nc2ccc3c(c2)NC(=O)C(C)O3)o1. The van der Waals surface area contributed by atoms with E-state index in [1.807, 2.05) is 6.92 Å². The van der Waals surface area contributed by atoms with E-state index in [1.54, 1.807) is 37.3 Å². The van der Waals surface area contributed by atoms with Crippen molar-refractivity contribution in [2.45, 2.75) is 26.4 Å². The fourth-order valence-corrected chi connectivity index (χ4v) is 2.17. The fraction of sp³-hybridized carbons (Fsp3) is 0.250. The van der Waals surface area contributed by atoms with Gasteiger partial charge in [-0.1, -0.05) is 6.92 Å². The fourth-order valence-electron chi connectivity index (χ4n) is 2.17. The average molecular weight is 300 g/mol. The number of ether oxygens (including phenoxy) is 1. The Bertz CT molecular complexity index is 735. The number of hydrogen-bond donors (Lipinski definition) is 2. The van der Waals surface area contributed by atoms with Crippen molar-refractivity contribution in [1.82, 2.24) is 0 Å². The van der Waals surface area contributed by atoms with E-state index in [-0.39, 0.29) is 17.6 Å². The third-order valence-corrected chi connectivity index (χ3v) is 3.40. The molecule has 22 heavy (non-hydrogen) atoms. The monoisotopic (exact) mass is 300 g/mol. The highest BCUT2D eigenvalue weighted by atomic mass is 16.5. The molecule has 2 heterocycles. The molecule has 3 rings (SSSR count). The molecule has 0 saturated heterocycles. The van der Waals surface area contributed by atoms with Crippen molar-refractivity contribution in [3.63, 3.8) is 0 Å². The largest absolute Gasteiger partial charge is 0.479 e. The lowest BCUT2D eigenvalue weighted by Gasteiger charge is -2.23. The van der Waals surface area contributed by atoms with Gasteiger partial charge in [-0.25, -0.2) is 0 Å². The van der Waals surface area contributed by atoms with Crippen LogP contribution in [0.2, 0.25) is 0 Å². The summed E-state index contributed by atoms with van der Waals surface area (Å²) in [7, 11) is 0. The molecule has 1 aromatic carbocycles. The maximum absolute atomic E-state index is 12.1. The molecule has 0 aliphatic carbocycles. The summed E-state index contributed by atoms with van der Waals surface area (Å²) in [6.45, 7) is 3.63. The molecule has 1 aromatic heterocycles. The van der Waals surface area contributed by atoms with Crippen molar-refractivity contribution >= 4 is 23.2 Å². The van der Waals surface area contributed by atoms with Crippen LogP contribution in [0.3, 0.4) is 0 Å². The number of furan rings is 1. The first-order chi connectivity index (χ1) is 10.6. The summed E-state index contributed by atoms with van der Waals surface area (Å²) >= 11 is 0. The van der Waals surface area contributed by atoms with Crippen LogP contribution in [0.5, 0.6) is 5.75 Å². The number of benzene rings is 1. The predicted molar refractivity (Wildman–Crippen MR) is 81.2 cm³/mol. The van der Waals surface area contributed by atoms with Crippen LogP contribution >= 0.6 is 0 Å². The van der Waals surface area contributed by atoms with Gasteiger partial charge in [-0.05, 0) is 37.3 Å². The molecule has 0 bridgehead atoms. The maximum atomic E-state index is 12.1. The van der Waals surface area contributed by atoms with Gasteiger partial charge in [0, 0.05) is 12.1 Å². The normalized spacial score (nSPS) is 16.5. The minimum absolute atomic E-state index is 0.213. The Labute approximate surface area is 127 Å². The van der Waals surface area contributed by atoms with E-state index >= 15 is 0 Å². The summed E-state index contributed by atoms with van der Waals surface area (Å²) in [5.41, 5.74) is 1.09. The average Bonchev–Trinajstić information content (AvgIpc) is 2.98. The zero-order valence-corrected chi connectivity index (χ0v) is 12.3. The maximum Gasteiger partial charge on any atom is 0.291 e. The Kier molecular flexibility index (Phi) is 3.58. The second kappa shape index (κ2) is 5.55. The molecule has 1 aliphatic rings. The first-order valence-electron chi connectivity index (χ1n) is 7.08. The number of rotatable bonds is 3. The number of anilines is 2. The second-order valence-electron chi connectivity index (χ2n) is 5.03. The highest BCUT2D eigenvalue weighted by Gasteiger charge is 2.23. The van der Waals surface area contributed by atoms with E-state index in [4.69, 9.17) is 9.15 Å². The molecule has 2 N–H and O–H groups in total. The highest BCUT2D eigenvalue weighted by Crippen LogP contribution is 2.32. The standard InChI is InChI=1S/C16H16N2O4/c1-3-11-5-7-14(22-11)16(20)17-10-4-6-13-12(8-10)18-15(19)9(2)21-13/h4-9H,3H2,1-2H3,(H,17,20)(H,18,19). The van der Waals surface area contributed by atoms with Crippen molar-refractivity contribution in [2.24, 2.45) is 0 Å². The van der Waals surface area contributed by atoms with Crippen molar-refractivity contribution < 1.29 is 18.7 Å². The van der Waals surface area contributed by atoms with E-state index in [0.717, 1.165) is 12.2 Å². The Hall–Kier alpha value is -2.76. The summed E-state index contributed by atoms with van der Waals surface area (Å²) in [4.78, 5) is 23.7. The molecule has 0 fully saturated rings. The molecule has 0 radical (unpaired) electrons. The van der Waals surface area contributed by atoms with Crippen molar-refractivity contribution in [2.75, 3.05) is 10.6 Å². The molecule has 0 spiro atoms. The summed E-state index contributed by atoms with van der Waals surface area (Å²) in [6.07, 6.45) is 0.205. The molecule has 6 nitrogen and oxygen atoms in total. The number of carbonyl (C=O) groups is 2. The van der Waals surface area contributed by atoms with Crippen LogP contribution in [-0.2, 0) is 11.2 Å². The van der Waals surface area contributed by atoms with Crippen molar-refractivity contribution in [3.05, 3.63) is 41.9 Å². The molecule has 1 unspecified atom stereocenters. The summed E-state index contributed by atoms with van der Waals surface area (Å²) in [5.74, 6) is 1.04.